The first-order valence-electron chi connectivity index (χ1n) is 4.38. The predicted octanol–water partition coefficient (Wildman–Crippen LogP) is 0.807. The number of hydrogen-bond donors (Lipinski definition) is 1. The second kappa shape index (κ2) is 5.87. The van der Waals surface area contributed by atoms with Gasteiger partial charge >= 0.3 is 0 Å². The van der Waals surface area contributed by atoms with Crippen LogP contribution in [0.2, 0.25) is 0 Å². The van der Waals surface area contributed by atoms with E-state index in [0.717, 1.165) is 5.56 Å². The molecule has 14 heavy (non-hydrogen) atoms. The molecule has 1 rings (SSSR count). The minimum absolute atomic E-state index is 0.352. The first-order valence-corrected chi connectivity index (χ1v) is 5.41. The minimum Gasteiger partial charge on any atom is -0.759 e. The van der Waals surface area contributed by atoms with Gasteiger partial charge in [-0.25, -0.2) is 5.43 Å². The fourth-order valence-corrected chi connectivity index (χ4v) is 1.58. The topological polar surface area (TPSA) is 55.4 Å². The number of hydrazine groups is 1. The van der Waals surface area contributed by atoms with Crippen LogP contribution >= 0.6 is 0 Å². The van der Waals surface area contributed by atoms with Crippen LogP contribution in [0.5, 0.6) is 0 Å². The van der Waals surface area contributed by atoms with Gasteiger partial charge in [-0.15, -0.1) is 0 Å². The van der Waals surface area contributed by atoms with E-state index in [9.17, 15) is 8.76 Å². The summed E-state index contributed by atoms with van der Waals surface area (Å²) >= 11 is -2.23. The SMILES string of the molecule is CCNN(Cc1ccccc1)S(=O)[O-]. The first-order chi connectivity index (χ1) is 6.74. The van der Waals surface area contributed by atoms with Crippen molar-refractivity contribution in [2.24, 2.45) is 0 Å². The number of nitrogens with one attached hydrogen (secondary N) is 1. The number of nitrogens with zero attached hydrogens (tertiary/aromatic N) is 1. The molecule has 4 nitrogen and oxygen atoms in total. The maximum atomic E-state index is 10.8. The summed E-state index contributed by atoms with van der Waals surface area (Å²) in [7, 11) is 0. The summed E-state index contributed by atoms with van der Waals surface area (Å²) in [6, 6.07) is 9.43. The van der Waals surface area contributed by atoms with Crippen molar-refractivity contribution in [3.63, 3.8) is 0 Å². The van der Waals surface area contributed by atoms with Gasteiger partial charge in [0, 0.05) is 17.8 Å². The average molecular weight is 213 g/mol. The van der Waals surface area contributed by atoms with Crippen molar-refractivity contribution in [2.45, 2.75) is 13.5 Å². The lowest BCUT2D eigenvalue weighted by Crippen LogP contribution is -2.38. The molecule has 1 atom stereocenters. The smallest absolute Gasteiger partial charge is 0.0508 e. The molecule has 1 aromatic carbocycles. The van der Waals surface area contributed by atoms with Crippen molar-refractivity contribution in [3.05, 3.63) is 35.9 Å². The van der Waals surface area contributed by atoms with Gasteiger partial charge in [0.15, 0.2) is 0 Å². The number of rotatable bonds is 5. The largest absolute Gasteiger partial charge is 0.759 e. The van der Waals surface area contributed by atoms with Gasteiger partial charge in [0.05, 0.1) is 6.54 Å². The Labute approximate surface area is 86.3 Å². The summed E-state index contributed by atoms with van der Waals surface area (Å²) in [6.45, 7) is 2.79. The third-order valence-corrected chi connectivity index (χ3v) is 2.30. The van der Waals surface area contributed by atoms with Crippen molar-refractivity contribution in [2.75, 3.05) is 6.54 Å². The second-order valence-electron chi connectivity index (χ2n) is 2.75. The molecule has 0 bridgehead atoms. The van der Waals surface area contributed by atoms with E-state index in [0.29, 0.717) is 13.1 Å². The molecule has 5 heteroatoms. The van der Waals surface area contributed by atoms with Gasteiger partial charge < -0.3 is 4.55 Å². The predicted molar refractivity (Wildman–Crippen MR) is 54.6 cm³/mol. The summed E-state index contributed by atoms with van der Waals surface area (Å²) in [4.78, 5) is 0. The molecule has 1 aromatic rings. The summed E-state index contributed by atoms with van der Waals surface area (Å²) in [5, 5.41) is 0. The van der Waals surface area contributed by atoms with Gasteiger partial charge in [0.25, 0.3) is 0 Å². The van der Waals surface area contributed by atoms with Crippen LogP contribution in [0.15, 0.2) is 30.3 Å². The first kappa shape index (κ1) is 11.3. The van der Waals surface area contributed by atoms with Crippen LogP contribution in [-0.4, -0.2) is 19.7 Å². The highest BCUT2D eigenvalue weighted by molar-refractivity contribution is 7.76. The van der Waals surface area contributed by atoms with Crippen LogP contribution in [0.1, 0.15) is 12.5 Å². The molecule has 0 heterocycles. The zero-order chi connectivity index (χ0) is 10.4. The van der Waals surface area contributed by atoms with Crippen molar-refractivity contribution in [1.82, 2.24) is 9.84 Å². The van der Waals surface area contributed by atoms with Crippen LogP contribution in [-0.2, 0) is 17.8 Å². The van der Waals surface area contributed by atoms with Crippen molar-refractivity contribution < 1.29 is 8.76 Å². The summed E-state index contributed by atoms with van der Waals surface area (Å²) < 4.78 is 22.7. The van der Waals surface area contributed by atoms with Crippen LogP contribution in [0.4, 0.5) is 0 Å². The molecule has 0 aliphatic carbocycles. The van der Waals surface area contributed by atoms with Gasteiger partial charge in [-0.3, -0.25) is 4.21 Å². The summed E-state index contributed by atoms with van der Waals surface area (Å²) in [6.07, 6.45) is 0. The molecule has 0 spiro atoms. The van der Waals surface area contributed by atoms with Crippen molar-refractivity contribution >= 4 is 11.3 Å². The maximum absolute atomic E-state index is 10.8. The second-order valence-corrected chi connectivity index (χ2v) is 3.63. The van der Waals surface area contributed by atoms with Crippen LogP contribution < -0.4 is 5.43 Å². The van der Waals surface area contributed by atoms with E-state index in [-0.39, 0.29) is 0 Å². The third kappa shape index (κ3) is 3.55. The maximum Gasteiger partial charge on any atom is 0.0508 e. The fraction of sp³-hybridized carbons (Fsp3) is 0.333. The molecule has 0 saturated heterocycles. The van der Waals surface area contributed by atoms with E-state index in [2.05, 4.69) is 5.43 Å². The molecule has 0 aliphatic rings. The highest BCUT2D eigenvalue weighted by atomic mass is 32.2. The molecule has 78 valence electrons. The number of hydrogen-bond acceptors (Lipinski definition) is 3. The lowest BCUT2D eigenvalue weighted by atomic mass is 10.2. The lowest BCUT2D eigenvalue weighted by Gasteiger charge is -2.24. The van der Waals surface area contributed by atoms with E-state index in [1.165, 1.54) is 4.41 Å². The quantitative estimate of drug-likeness (QED) is 0.581. The molecule has 1 N–H and O–H groups in total. The minimum atomic E-state index is -2.23. The van der Waals surface area contributed by atoms with Crippen molar-refractivity contribution in [1.29, 1.82) is 0 Å². The fourth-order valence-electron chi connectivity index (χ4n) is 1.09. The molecule has 1 unspecified atom stereocenters. The molecule has 0 amide bonds. The Balaban J connectivity index is 2.60. The summed E-state index contributed by atoms with van der Waals surface area (Å²) in [5.41, 5.74) is 3.71. The van der Waals surface area contributed by atoms with Crippen molar-refractivity contribution in [3.8, 4) is 0 Å². The Kier molecular flexibility index (Phi) is 4.75. The van der Waals surface area contributed by atoms with E-state index < -0.39 is 11.3 Å². The number of benzene rings is 1. The van der Waals surface area contributed by atoms with Crippen LogP contribution in [0, 0.1) is 0 Å². The standard InChI is InChI=1S/C9H14N2O2S/c1-2-10-11(14(12)13)8-9-6-4-3-5-7-9/h3-7,10H,2,8H2,1H3,(H,12,13)/p-1. The molecule has 0 aliphatic heterocycles. The molecular weight excluding hydrogens is 200 g/mol. The van der Waals surface area contributed by atoms with Gasteiger partial charge in [-0.05, 0) is 5.56 Å². The van der Waals surface area contributed by atoms with E-state index >= 15 is 0 Å². The highest BCUT2D eigenvalue weighted by Crippen LogP contribution is 2.03. The molecule has 0 fully saturated rings. The van der Waals surface area contributed by atoms with Gasteiger partial charge in [0.2, 0.25) is 0 Å². The molecule has 0 radical (unpaired) electrons. The lowest BCUT2D eigenvalue weighted by molar-refractivity contribution is 0.304. The van der Waals surface area contributed by atoms with Crippen LogP contribution in [0.25, 0.3) is 0 Å². The zero-order valence-electron chi connectivity index (χ0n) is 7.97. The van der Waals surface area contributed by atoms with E-state index in [1.807, 2.05) is 37.3 Å². The Morgan fingerprint density at radius 1 is 1.43 bits per heavy atom. The monoisotopic (exact) mass is 213 g/mol. The Hall–Kier alpha value is -0.750. The Morgan fingerprint density at radius 3 is 2.57 bits per heavy atom. The van der Waals surface area contributed by atoms with Gasteiger partial charge in [0.1, 0.15) is 0 Å². The third-order valence-electron chi connectivity index (χ3n) is 1.68. The zero-order valence-corrected chi connectivity index (χ0v) is 8.79. The van der Waals surface area contributed by atoms with E-state index in [1.54, 1.807) is 0 Å². The molecule has 0 aromatic heterocycles. The normalized spacial score (nSPS) is 13.1. The van der Waals surface area contributed by atoms with Gasteiger partial charge in [-0.2, -0.15) is 4.41 Å². The highest BCUT2D eigenvalue weighted by Gasteiger charge is 2.03. The summed E-state index contributed by atoms with van der Waals surface area (Å²) in [5.74, 6) is 0. The Morgan fingerprint density at radius 2 is 2.07 bits per heavy atom. The van der Waals surface area contributed by atoms with Crippen LogP contribution in [0.3, 0.4) is 0 Å². The van der Waals surface area contributed by atoms with Gasteiger partial charge in [-0.1, -0.05) is 37.3 Å². The Bertz CT molecular complexity index is 292. The average Bonchev–Trinajstić information content (AvgIpc) is 2.18. The molecular formula is C9H13N2O2S-. The molecule has 0 saturated carbocycles. The van der Waals surface area contributed by atoms with E-state index in [4.69, 9.17) is 0 Å².